The zero-order valence-corrected chi connectivity index (χ0v) is 18.6. The molecule has 1 aliphatic heterocycles. The summed E-state index contributed by atoms with van der Waals surface area (Å²) in [6, 6.07) is 21.5. The number of hydrogen-bond acceptors (Lipinski definition) is 4. The molecule has 1 N–H and O–H groups in total. The lowest BCUT2D eigenvalue weighted by atomic mass is 10.0. The lowest BCUT2D eigenvalue weighted by Gasteiger charge is -2.12. The minimum atomic E-state index is 0.476. The summed E-state index contributed by atoms with van der Waals surface area (Å²) < 4.78 is 4.30. The SMILES string of the molecule is CCCCn1c(-c2cn(C[C@@H]3CCCN3)nn2)nc(-c2ccccc2)c1-c1ccccc1. The zero-order valence-electron chi connectivity index (χ0n) is 18.6. The van der Waals surface area contributed by atoms with Crippen molar-refractivity contribution in [1.82, 2.24) is 29.9 Å². The van der Waals surface area contributed by atoms with Gasteiger partial charge in [0.25, 0.3) is 0 Å². The van der Waals surface area contributed by atoms with Crippen molar-refractivity contribution in [3.8, 4) is 34.0 Å². The van der Waals surface area contributed by atoms with E-state index in [1.807, 2.05) is 16.9 Å². The maximum Gasteiger partial charge on any atom is 0.163 e. The number of unbranched alkanes of at least 4 members (excludes halogenated alkanes) is 1. The summed E-state index contributed by atoms with van der Waals surface area (Å²) in [5.74, 6) is 0.891. The first kappa shape index (κ1) is 20.6. The molecular formula is C26H30N6. The van der Waals surface area contributed by atoms with E-state index in [0.717, 1.165) is 60.9 Å². The molecule has 0 saturated carbocycles. The highest BCUT2D eigenvalue weighted by molar-refractivity contribution is 5.81. The number of rotatable bonds is 8. The smallest absolute Gasteiger partial charge is 0.163 e. The molecule has 1 fully saturated rings. The van der Waals surface area contributed by atoms with E-state index in [-0.39, 0.29) is 0 Å². The Hall–Kier alpha value is -3.25. The van der Waals surface area contributed by atoms with Gasteiger partial charge in [0, 0.05) is 23.7 Å². The van der Waals surface area contributed by atoms with E-state index in [0.29, 0.717) is 6.04 Å². The van der Waals surface area contributed by atoms with Crippen molar-refractivity contribution in [3.63, 3.8) is 0 Å². The first-order valence-electron chi connectivity index (χ1n) is 11.7. The molecule has 164 valence electrons. The van der Waals surface area contributed by atoms with Crippen molar-refractivity contribution in [2.75, 3.05) is 6.54 Å². The van der Waals surface area contributed by atoms with Gasteiger partial charge in [-0.05, 0) is 25.8 Å². The van der Waals surface area contributed by atoms with Gasteiger partial charge in [-0.15, -0.1) is 5.10 Å². The third-order valence-corrected chi connectivity index (χ3v) is 6.13. The molecule has 5 rings (SSSR count). The Kier molecular flexibility index (Phi) is 6.12. The Bertz CT molecular complexity index is 1140. The summed E-state index contributed by atoms with van der Waals surface area (Å²) >= 11 is 0. The van der Waals surface area contributed by atoms with Crippen LogP contribution in [0.2, 0.25) is 0 Å². The summed E-state index contributed by atoms with van der Waals surface area (Å²) in [6.07, 6.45) is 6.67. The molecule has 0 aliphatic carbocycles. The Balaban J connectivity index is 1.62. The molecule has 0 spiro atoms. The second-order valence-electron chi connectivity index (χ2n) is 8.49. The number of nitrogens with zero attached hydrogens (tertiary/aromatic N) is 5. The van der Waals surface area contributed by atoms with Gasteiger partial charge < -0.3 is 9.88 Å². The largest absolute Gasteiger partial charge is 0.322 e. The van der Waals surface area contributed by atoms with Crippen LogP contribution in [-0.2, 0) is 13.1 Å². The Morgan fingerprint density at radius 1 is 1.00 bits per heavy atom. The quantitative estimate of drug-likeness (QED) is 0.429. The second kappa shape index (κ2) is 9.49. The third-order valence-electron chi connectivity index (χ3n) is 6.13. The molecular weight excluding hydrogens is 396 g/mol. The highest BCUT2D eigenvalue weighted by Gasteiger charge is 2.23. The maximum absolute atomic E-state index is 5.16. The van der Waals surface area contributed by atoms with Gasteiger partial charge in [0.05, 0.1) is 24.1 Å². The van der Waals surface area contributed by atoms with Crippen molar-refractivity contribution < 1.29 is 0 Å². The fourth-order valence-electron chi connectivity index (χ4n) is 4.50. The van der Waals surface area contributed by atoms with Crippen LogP contribution in [0, 0.1) is 0 Å². The molecule has 0 amide bonds. The van der Waals surface area contributed by atoms with Crippen molar-refractivity contribution in [1.29, 1.82) is 0 Å². The summed E-state index contributed by atoms with van der Waals surface area (Å²) in [4.78, 5) is 5.16. The number of imidazole rings is 1. The number of hydrogen-bond donors (Lipinski definition) is 1. The van der Waals surface area contributed by atoms with Crippen LogP contribution in [0.4, 0.5) is 0 Å². The fourth-order valence-corrected chi connectivity index (χ4v) is 4.50. The van der Waals surface area contributed by atoms with Crippen LogP contribution in [0.5, 0.6) is 0 Å². The van der Waals surface area contributed by atoms with Crippen molar-refractivity contribution in [2.24, 2.45) is 0 Å². The molecule has 6 nitrogen and oxygen atoms in total. The van der Waals surface area contributed by atoms with E-state index in [4.69, 9.17) is 4.98 Å². The van der Waals surface area contributed by atoms with E-state index in [9.17, 15) is 0 Å². The van der Waals surface area contributed by atoms with Gasteiger partial charge in [-0.2, -0.15) is 0 Å². The Labute approximate surface area is 189 Å². The molecule has 1 atom stereocenters. The standard InChI is InChI=1S/C26H30N6/c1-2-3-17-32-25(21-13-8-5-9-14-21)24(20-11-6-4-7-12-20)28-26(32)23-19-31(30-29-23)18-22-15-10-16-27-22/h4-9,11-14,19,22,27H,2-3,10,15-18H2,1H3/t22-/m0/s1. The molecule has 32 heavy (non-hydrogen) atoms. The van der Waals surface area contributed by atoms with Crippen LogP contribution in [0.3, 0.4) is 0 Å². The predicted molar refractivity (Wildman–Crippen MR) is 128 cm³/mol. The average Bonchev–Trinajstić information content (AvgIpc) is 3.59. The molecule has 4 aromatic rings. The second-order valence-corrected chi connectivity index (χ2v) is 8.49. The van der Waals surface area contributed by atoms with E-state index < -0.39 is 0 Å². The normalized spacial score (nSPS) is 16.0. The van der Waals surface area contributed by atoms with E-state index in [1.165, 1.54) is 18.4 Å². The monoisotopic (exact) mass is 426 g/mol. The van der Waals surface area contributed by atoms with Crippen LogP contribution in [0.15, 0.2) is 66.9 Å². The van der Waals surface area contributed by atoms with Gasteiger partial charge in [0.2, 0.25) is 0 Å². The van der Waals surface area contributed by atoms with Crippen LogP contribution < -0.4 is 5.32 Å². The fraction of sp³-hybridized carbons (Fsp3) is 0.346. The number of nitrogens with one attached hydrogen (secondary N) is 1. The highest BCUT2D eigenvalue weighted by Crippen LogP contribution is 2.36. The highest BCUT2D eigenvalue weighted by atomic mass is 15.4. The molecule has 0 radical (unpaired) electrons. The van der Waals surface area contributed by atoms with Crippen LogP contribution in [0.25, 0.3) is 34.0 Å². The predicted octanol–water partition coefficient (Wildman–Crippen LogP) is 5.03. The summed E-state index contributed by atoms with van der Waals surface area (Å²) in [5, 5.41) is 12.5. The van der Waals surface area contributed by atoms with Gasteiger partial charge in [0.15, 0.2) is 5.82 Å². The van der Waals surface area contributed by atoms with Gasteiger partial charge in [0.1, 0.15) is 5.69 Å². The third kappa shape index (κ3) is 4.23. The molecule has 0 unspecified atom stereocenters. The van der Waals surface area contributed by atoms with Crippen molar-refractivity contribution in [3.05, 3.63) is 66.9 Å². The first-order chi connectivity index (χ1) is 15.8. The molecule has 0 bridgehead atoms. The van der Waals surface area contributed by atoms with Gasteiger partial charge in [-0.1, -0.05) is 79.2 Å². The van der Waals surface area contributed by atoms with Crippen LogP contribution >= 0.6 is 0 Å². The zero-order chi connectivity index (χ0) is 21.8. The Morgan fingerprint density at radius 2 is 1.75 bits per heavy atom. The summed E-state index contributed by atoms with van der Waals surface area (Å²) in [6.45, 7) is 5.06. The summed E-state index contributed by atoms with van der Waals surface area (Å²) in [5.41, 5.74) is 5.26. The minimum Gasteiger partial charge on any atom is -0.322 e. The minimum absolute atomic E-state index is 0.476. The number of benzene rings is 2. The maximum atomic E-state index is 5.16. The number of aromatic nitrogens is 5. The lowest BCUT2D eigenvalue weighted by Crippen LogP contribution is -2.26. The van der Waals surface area contributed by atoms with E-state index in [2.05, 4.69) is 81.7 Å². The molecule has 1 aliphatic rings. The van der Waals surface area contributed by atoms with Crippen molar-refractivity contribution in [2.45, 2.75) is 51.7 Å². The molecule has 1 saturated heterocycles. The molecule has 6 heteroatoms. The summed E-state index contributed by atoms with van der Waals surface area (Å²) in [7, 11) is 0. The van der Waals surface area contributed by atoms with E-state index >= 15 is 0 Å². The van der Waals surface area contributed by atoms with Crippen LogP contribution in [-0.4, -0.2) is 37.1 Å². The Morgan fingerprint density at radius 3 is 2.44 bits per heavy atom. The lowest BCUT2D eigenvalue weighted by molar-refractivity contribution is 0.466. The average molecular weight is 427 g/mol. The molecule has 3 heterocycles. The first-order valence-corrected chi connectivity index (χ1v) is 11.7. The molecule has 2 aromatic carbocycles. The van der Waals surface area contributed by atoms with Gasteiger partial charge in [-0.25, -0.2) is 4.98 Å². The van der Waals surface area contributed by atoms with E-state index in [1.54, 1.807) is 0 Å². The van der Waals surface area contributed by atoms with Crippen LogP contribution in [0.1, 0.15) is 32.6 Å². The molecule has 2 aromatic heterocycles. The van der Waals surface area contributed by atoms with Gasteiger partial charge >= 0.3 is 0 Å². The van der Waals surface area contributed by atoms with Crippen molar-refractivity contribution >= 4 is 0 Å². The topological polar surface area (TPSA) is 60.6 Å². The van der Waals surface area contributed by atoms with Gasteiger partial charge in [-0.3, -0.25) is 4.68 Å².